The van der Waals surface area contributed by atoms with Crippen LogP contribution in [0.2, 0.25) is 0 Å². The van der Waals surface area contributed by atoms with Gasteiger partial charge in [0.15, 0.2) is 0 Å². The molecule has 6 nitrogen and oxygen atoms in total. The predicted octanol–water partition coefficient (Wildman–Crippen LogP) is 21.9. The standard InChI is InChI=1S/C84H58N6S/c1-9-25-59(26-10-1)75(60-27-11-2-12-28-60)77(63-33-17-5-18-34-63)65-41-49-71(50-42-65)89(69-37-21-7-22-38-69)73-53-45-67(46-54-73)79-81-82(86-58-57-85-81)80(84-83(79)87-91-88-84)68-47-55-74(56-48-68)90(70-39-23-8-24-40-70)72-51-43-66(44-52-72)78(64-35-19-6-20-36-64)76(61-29-13-3-14-30-61)62-31-15-4-16-32-62/h1-58H. The van der Waals surface area contributed by atoms with Crippen LogP contribution in [-0.2, 0) is 0 Å². The van der Waals surface area contributed by atoms with Gasteiger partial charge in [-0.1, -0.05) is 267 Å². The molecule has 0 aliphatic heterocycles. The Morgan fingerprint density at radius 2 is 0.418 bits per heavy atom. The number of fused-ring (bicyclic) bond motifs is 2. The molecule has 430 valence electrons. The zero-order chi connectivity index (χ0) is 60.7. The summed E-state index contributed by atoms with van der Waals surface area (Å²) < 4.78 is 10.1. The van der Waals surface area contributed by atoms with Crippen molar-refractivity contribution >= 4 is 90.2 Å². The lowest BCUT2D eigenvalue weighted by molar-refractivity contribution is 1.28. The van der Waals surface area contributed by atoms with Crippen molar-refractivity contribution in [2.75, 3.05) is 9.80 Å². The Bertz CT molecular complexity index is 4610. The smallest absolute Gasteiger partial charge is 0.115 e. The minimum absolute atomic E-state index is 0.760. The van der Waals surface area contributed by atoms with E-state index < -0.39 is 0 Å². The lowest BCUT2D eigenvalue weighted by Gasteiger charge is -2.26. The van der Waals surface area contributed by atoms with Crippen molar-refractivity contribution in [3.8, 4) is 22.3 Å². The van der Waals surface area contributed by atoms with Crippen LogP contribution >= 0.6 is 11.7 Å². The highest BCUT2D eigenvalue weighted by Gasteiger charge is 2.25. The van der Waals surface area contributed by atoms with Gasteiger partial charge in [0, 0.05) is 57.6 Å². The second-order valence-corrected chi connectivity index (χ2v) is 22.7. The molecule has 0 spiro atoms. The van der Waals surface area contributed by atoms with E-state index in [9.17, 15) is 0 Å². The first-order chi connectivity index (χ1) is 45.2. The van der Waals surface area contributed by atoms with Gasteiger partial charge in [-0.05, 0) is 151 Å². The van der Waals surface area contributed by atoms with Crippen LogP contribution in [0.25, 0.3) is 66.6 Å². The van der Waals surface area contributed by atoms with Crippen LogP contribution in [0.1, 0.15) is 44.5 Å². The van der Waals surface area contributed by atoms with E-state index in [1.165, 1.54) is 22.9 Å². The summed E-state index contributed by atoms with van der Waals surface area (Å²) in [5.41, 5.74) is 26.8. The molecular weight excluding hydrogens is 1130 g/mol. The summed E-state index contributed by atoms with van der Waals surface area (Å²) in [5.74, 6) is 0. The van der Waals surface area contributed by atoms with E-state index in [-0.39, 0.29) is 0 Å². The number of aromatic nitrogens is 4. The Hall–Kier alpha value is -11.9. The molecule has 2 heterocycles. The number of benzene rings is 13. The van der Waals surface area contributed by atoms with Crippen LogP contribution in [-0.4, -0.2) is 18.7 Å². The topological polar surface area (TPSA) is 58.0 Å². The molecule has 0 aliphatic carbocycles. The van der Waals surface area contributed by atoms with Crippen molar-refractivity contribution in [1.29, 1.82) is 0 Å². The molecule has 15 aromatic rings. The highest BCUT2D eigenvalue weighted by molar-refractivity contribution is 7.00. The van der Waals surface area contributed by atoms with Crippen molar-refractivity contribution in [3.63, 3.8) is 0 Å². The van der Waals surface area contributed by atoms with E-state index in [4.69, 9.17) is 18.7 Å². The number of rotatable bonds is 16. The molecule has 2 aromatic heterocycles. The highest BCUT2D eigenvalue weighted by atomic mass is 32.1. The van der Waals surface area contributed by atoms with E-state index >= 15 is 0 Å². The first-order valence-electron chi connectivity index (χ1n) is 30.5. The van der Waals surface area contributed by atoms with E-state index in [2.05, 4.69) is 350 Å². The fourth-order valence-corrected chi connectivity index (χ4v) is 13.2. The maximum absolute atomic E-state index is 5.08. The maximum atomic E-state index is 5.08. The monoisotopic (exact) mass is 1180 g/mol. The van der Waals surface area contributed by atoms with Crippen molar-refractivity contribution in [2.45, 2.75) is 0 Å². The quantitative estimate of drug-likeness (QED) is 0.0899. The first kappa shape index (κ1) is 55.7. The summed E-state index contributed by atoms with van der Waals surface area (Å²) in [7, 11) is 0. The van der Waals surface area contributed by atoms with E-state index in [1.807, 2.05) is 0 Å². The van der Waals surface area contributed by atoms with Gasteiger partial charge in [0.2, 0.25) is 0 Å². The van der Waals surface area contributed by atoms with Crippen LogP contribution < -0.4 is 9.80 Å². The number of anilines is 6. The second kappa shape index (κ2) is 25.4. The highest BCUT2D eigenvalue weighted by Crippen LogP contribution is 2.46. The molecule has 0 saturated heterocycles. The van der Waals surface area contributed by atoms with E-state index in [0.717, 1.165) is 134 Å². The number of hydrogen-bond donors (Lipinski definition) is 0. The zero-order valence-electron chi connectivity index (χ0n) is 49.6. The van der Waals surface area contributed by atoms with Gasteiger partial charge in [-0.3, -0.25) is 9.97 Å². The minimum Gasteiger partial charge on any atom is -0.311 e. The van der Waals surface area contributed by atoms with E-state index in [1.54, 1.807) is 12.4 Å². The average molecular weight is 1180 g/mol. The number of hydrogen-bond acceptors (Lipinski definition) is 7. The Labute approximate surface area is 534 Å². The fourth-order valence-electron chi connectivity index (χ4n) is 12.6. The molecule has 0 atom stereocenters. The molecule has 13 aromatic carbocycles. The van der Waals surface area contributed by atoms with Gasteiger partial charge < -0.3 is 9.80 Å². The Morgan fingerprint density at radius 3 is 0.670 bits per heavy atom. The summed E-state index contributed by atoms with van der Waals surface area (Å²) in [6.45, 7) is 0. The van der Waals surface area contributed by atoms with Crippen LogP contribution in [0.4, 0.5) is 34.1 Å². The predicted molar refractivity (Wildman–Crippen MR) is 379 cm³/mol. The first-order valence-corrected chi connectivity index (χ1v) is 31.3. The van der Waals surface area contributed by atoms with Gasteiger partial charge in [-0.25, -0.2) is 0 Å². The lowest BCUT2D eigenvalue weighted by Crippen LogP contribution is -2.10. The Kier molecular flexibility index (Phi) is 15.6. The fraction of sp³-hybridized carbons (Fsp3) is 0. The molecule has 0 N–H and O–H groups in total. The minimum atomic E-state index is 0.760. The largest absolute Gasteiger partial charge is 0.311 e. The normalized spacial score (nSPS) is 11.1. The maximum Gasteiger partial charge on any atom is 0.115 e. The molecule has 0 fully saturated rings. The molecule has 7 heteroatoms. The number of nitrogens with zero attached hydrogens (tertiary/aromatic N) is 6. The third-order valence-electron chi connectivity index (χ3n) is 16.7. The zero-order valence-corrected chi connectivity index (χ0v) is 50.4. The molecule has 0 unspecified atom stereocenters. The molecule has 0 aliphatic rings. The van der Waals surface area contributed by atoms with Crippen LogP contribution in [0.3, 0.4) is 0 Å². The second-order valence-electron chi connectivity index (χ2n) is 22.2. The SMILES string of the molecule is c1ccc(C(=C(c2ccccc2)c2ccc(N(c3ccccc3)c3ccc(-c4c5nccnc5c(-c5ccc(N(c6ccccc6)c6ccc(C(=C(c7ccccc7)c7ccccc7)c7ccccc7)cc6)cc5)c5nsnc45)cc3)cc2)c2ccccc2)cc1. The van der Waals surface area contributed by atoms with Crippen molar-refractivity contribution in [2.24, 2.45) is 0 Å². The molecular formula is C84H58N6S. The summed E-state index contributed by atoms with van der Waals surface area (Å²) in [6, 6.07) is 121. The molecule has 91 heavy (non-hydrogen) atoms. The summed E-state index contributed by atoms with van der Waals surface area (Å²) in [4.78, 5) is 14.8. The van der Waals surface area contributed by atoms with Crippen LogP contribution in [0, 0.1) is 0 Å². The van der Waals surface area contributed by atoms with Crippen molar-refractivity contribution in [3.05, 3.63) is 397 Å². The van der Waals surface area contributed by atoms with Crippen molar-refractivity contribution < 1.29 is 0 Å². The third kappa shape index (κ3) is 11.2. The van der Waals surface area contributed by atoms with Crippen LogP contribution in [0.15, 0.2) is 352 Å². The average Bonchev–Trinajstić information content (AvgIpc) is 1.77. The summed E-state index contributed by atoms with van der Waals surface area (Å²) in [5, 5.41) is 0. The molecule has 0 amide bonds. The van der Waals surface area contributed by atoms with Gasteiger partial charge in [-0.15, -0.1) is 0 Å². The third-order valence-corrected chi connectivity index (χ3v) is 17.2. The molecule has 0 saturated carbocycles. The molecule has 15 rings (SSSR count). The summed E-state index contributed by atoms with van der Waals surface area (Å²) in [6.07, 6.45) is 3.54. The van der Waals surface area contributed by atoms with Gasteiger partial charge in [0.1, 0.15) is 11.0 Å². The van der Waals surface area contributed by atoms with Gasteiger partial charge in [0.25, 0.3) is 0 Å². The Morgan fingerprint density at radius 1 is 0.209 bits per heavy atom. The van der Waals surface area contributed by atoms with Gasteiger partial charge in [0.05, 0.1) is 22.8 Å². The molecule has 0 radical (unpaired) electrons. The van der Waals surface area contributed by atoms with Gasteiger partial charge >= 0.3 is 0 Å². The lowest BCUT2D eigenvalue weighted by atomic mass is 9.86. The van der Waals surface area contributed by atoms with E-state index in [0.29, 0.717) is 0 Å². The Balaban J connectivity index is 0.779. The number of para-hydroxylation sites is 2. The van der Waals surface area contributed by atoms with Crippen molar-refractivity contribution in [1.82, 2.24) is 18.7 Å². The molecule has 0 bridgehead atoms. The van der Waals surface area contributed by atoms with Gasteiger partial charge in [-0.2, -0.15) is 8.75 Å². The van der Waals surface area contributed by atoms with Crippen LogP contribution in [0.5, 0.6) is 0 Å². The summed E-state index contributed by atoms with van der Waals surface area (Å²) >= 11 is 1.21.